The van der Waals surface area contributed by atoms with E-state index in [0.29, 0.717) is 34.8 Å². The van der Waals surface area contributed by atoms with Gasteiger partial charge < -0.3 is 14.8 Å². The average Bonchev–Trinajstić information content (AvgIpc) is 2.72. The van der Waals surface area contributed by atoms with E-state index in [1.165, 1.54) is 13.3 Å². The van der Waals surface area contributed by atoms with Gasteiger partial charge in [0.2, 0.25) is 5.71 Å². The molecule has 0 saturated carbocycles. The molecule has 114 valence electrons. The zero-order chi connectivity index (χ0) is 15.8. The third-order valence-corrected chi connectivity index (χ3v) is 3.87. The van der Waals surface area contributed by atoms with Crippen LogP contribution in [0.4, 0.5) is 5.82 Å². The molecule has 1 atom stereocenters. The molecule has 2 N–H and O–H groups in total. The lowest BCUT2D eigenvalue weighted by Gasteiger charge is -2.28. The summed E-state index contributed by atoms with van der Waals surface area (Å²) in [6.07, 6.45) is 1.38. The third kappa shape index (κ3) is 2.90. The van der Waals surface area contributed by atoms with Crippen molar-refractivity contribution in [2.75, 3.05) is 11.9 Å². The molecule has 6 nitrogen and oxygen atoms in total. The summed E-state index contributed by atoms with van der Waals surface area (Å²) < 4.78 is 5.51. The molecule has 0 bridgehead atoms. The smallest absolute Gasteiger partial charge is 0.232 e. The molecule has 0 aliphatic heterocycles. The number of nitrogens with zero attached hydrogens (tertiary/aromatic N) is 2. The van der Waals surface area contributed by atoms with E-state index < -0.39 is 5.60 Å². The van der Waals surface area contributed by atoms with Crippen LogP contribution in [0.2, 0.25) is 0 Å². The first-order valence-electron chi connectivity index (χ1n) is 6.95. The Balaban J connectivity index is 2.43. The van der Waals surface area contributed by atoms with Crippen molar-refractivity contribution in [3.05, 3.63) is 17.7 Å². The maximum Gasteiger partial charge on any atom is 0.232 e. The number of furan rings is 1. The Kier molecular flexibility index (Phi) is 4.00. The molecule has 1 unspecified atom stereocenters. The van der Waals surface area contributed by atoms with Crippen molar-refractivity contribution in [2.24, 2.45) is 5.92 Å². The highest BCUT2D eigenvalue weighted by atomic mass is 16.3. The summed E-state index contributed by atoms with van der Waals surface area (Å²) in [4.78, 5) is 20.0. The Morgan fingerprint density at radius 3 is 2.71 bits per heavy atom. The molecular weight excluding hydrogens is 270 g/mol. The van der Waals surface area contributed by atoms with Crippen LogP contribution >= 0.6 is 0 Å². The fourth-order valence-electron chi connectivity index (χ4n) is 2.07. The van der Waals surface area contributed by atoms with Crippen molar-refractivity contribution in [1.82, 2.24) is 9.97 Å². The minimum Gasteiger partial charge on any atom is -0.442 e. The SMILES string of the molecule is CC(=O)c1c(C)oc2ncnc(NCC(C)(O)C(C)C)c12. The predicted molar refractivity (Wildman–Crippen MR) is 80.5 cm³/mol. The summed E-state index contributed by atoms with van der Waals surface area (Å²) in [5.74, 6) is 1.01. The molecule has 0 amide bonds. The summed E-state index contributed by atoms with van der Waals surface area (Å²) >= 11 is 0. The van der Waals surface area contributed by atoms with Crippen LogP contribution in [0.25, 0.3) is 11.1 Å². The van der Waals surface area contributed by atoms with Gasteiger partial charge >= 0.3 is 0 Å². The number of rotatable bonds is 5. The summed E-state index contributed by atoms with van der Waals surface area (Å²) in [6, 6.07) is 0. The molecule has 2 aromatic rings. The molecule has 0 saturated heterocycles. The van der Waals surface area contributed by atoms with Gasteiger partial charge in [0.1, 0.15) is 17.9 Å². The molecule has 0 radical (unpaired) electrons. The van der Waals surface area contributed by atoms with Crippen LogP contribution in [-0.4, -0.2) is 33.0 Å². The summed E-state index contributed by atoms with van der Waals surface area (Å²) in [5.41, 5.74) is -0.0245. The Hall–Kier alpha value is -1.95. The normalized spacial score (nSPS) is 14.4. The van der Waals surface area contributed by atoms with Crippen molar-refractivity contribution < 1.29 is 14.3 Å². The number of Topliss-reactive ketones (excluding diaryl/α,β-unsaturated/α-hetero) is 1. The highest BCUT2D eigenvalue weighted by Gasteiger charge is 2.26. The number of ketones is 1. The van der Waals surface area contributed by atoms with Crippen LogP contribution in [0.15, 0.2) is 10.7 Å². The standard InChI is InChI=1S/C15H21N3O3/c1-8(2)15(5,20)6-16-13-12-11(9(3)19)10(4)21-14(12)18-7-17-13/h7-8,20H,6H2,1-5H3,(H,16,17,18). The monoisotopic (exact) mass is 291 g/mol. The number of aromatic nitrogens is 2. The fourth-order valence-corrected chi connectivity index (χ4v) is 2.07. The number of carbonyl (C=O) groups excluding carboxylic acids is 1. The molecule has 2 heterocycles. The van der Waals surface area contributed by atoms with Gasteiger partial charge in [0.15, 0.2) is 5.78 Å². The largest absolute Gasteiger partial charge is 0.442 e. The minimum absolute atomic E-state index is 0.0840. The lowest BCUT2D eigenvalue weighted by Crippen LogP contribution is -2.39. The van der Waals surface area contributed by atoms with Gasteiger partial charge in [-0.2, -0.15) is 0 Å². The number of hydrogen-bond donors (Lipinski definition) is 2. The summed E-state index contributed by atoms with van der Waals surface area (Å²) in [6.45, 7) is 9.18. The Morgan fingerprint density at radius 1 is 1.48 bits per heavy atom. The predicted octanol–water partition coefficient (Wildman–Crippen LogP) is 2.55. The number of hydrogen-bond acceptors (Lipinski definition) is 6. The molecule has 6 heteroatoms. The van der Waals surface area contributed by atoms with E-state index in [1.54, 1.807) is 13.8 Å². The van der Waals surface area contributed by atoms with Crippen molar-refractivity contribution >= 4 is 22.7 Å². The van der Waals surface area contributed by atoms with Crippen LogP contribution in [0.5, 0.6) is 0 Å². The van der Waals surface area contributed by atoms with Gasteiger partial charge in [-0.3, -0.25) is 4.79 Å². The van der Waals surface area contributed by atoms with E-state index in [9.17, 15) is 9.90 Å². The number of fused-ring (bicyclic) bond motifs is 1. The second-order valence-corrected chi connectivity index (χ2v) is 5.86. The van der Waals surface area contributed by atoms with Crippen molar-refractivity contribution in [3.8, 4) is 0 Å². The molecule has 0 fully saturated rings. The number of carbonyl (C=O) groups is 1. The summed E-state index contributed by atoms with van der Waals surface area (Å²) in [7, 11) is 0. The van der Waals surface area contributed by atoms with Crippen molar-refractivity contribution in [2.45, 2.75) is 40.2 Å². The lowest BCUT2D eigenvalue weighted by molar-refractivity contribution is 0.0266. The number of aliphatic hydroxyl groups is 1. The van der Waals surface area contributed by atoms with E-state index in [1.807, 2.05) is 13.8 Å². The van der Waals surface area contributed by atoms with Gasteiger partial charge in [-0.25, -0.2) is 9.97 Å². The van der Waals surface area contributed by atoms with Crippen LogP contribution in [0.3, 0.4) is 0 Å². The molecule has 0 aliphatic carbocycles. The number of aryl methyl sites for hydroxylation is 1. The van der Waals surface area contributed by atoms with Gasteiger partial charge in [0, 0.05) is 6.54 Å². The molecule has 0 spiro atoms. The second kappa shape index (κ2) is 5.44. The highest BCUT2D eigenvalue weighted by Crippen LogP contribution is 2.29. The molecule has 2 aromatic heterocycles. The van der Waals surface area contributed by atoms with Crippen LogP contribution in [0, 0.1) is 12.8 Å². The maximum atomic E-state index is 11.8. The first-order valence-corrected chi connectivity index (χ1v) is 6.95. The quantitative estimate of drug-likeness (QED) is 0.823. The van der Waals surface area contributed by atoms with E-state index in [-0.39, 0.29) is 11.7 Å². The molecular formula is C15H21N3O3. The second-order valence-electron chi connectivity index (χ2n) is 5.86. The molecule has 2 rings (SSSR count). The zero-order valence-corrected chi connectivity index (χ0v) is 13.0. The van der Waals surface area contributed by atoms with Crippen LogP contribution < -0.4 is 5.32 Å². The van der Waals surface area contributed by atoms with Gasteiger partial charge in [-0.05, 0) is 26.7 Å². The van der Waals surface area contributed by atoms with Gasteiger partial charge in [0.05, 0.1) is 16.6 Å². The third-order valence-electron chi connectivity index (χ3n) is 3.87. The minimum atomic E-state index is -0.882. The van der Waals surface area contributed by atoms with Gasteiger partial charge in [0.25, 0.3) is 0 Å². The first-order chi connectivity index (χ1) is 9.74. The fraction of sp³-hybridized carbons (Fsp3) is 0.533. The topological polar surface area (TPSA) is 88.2 Å². The van der Waals surface area contributed by atoms with Crippen molar-refractivity contribution in [1.29, 1.82) is 0 Å². The Bertz CT molecular complexity index is 674. The maximum absolute atomic E-state index is 11.8. The Morgan fingerprint density at radius 2 is 2.14 bits per heavy atom. The number of anilines is 1. The van der Waals surface area contributed by atoms with Gasteiger partial charge in [-0.1, -0.05) is 13.8 Å². The molecule has 21 heavy (non-hydrogen) atoms. The molecule has 0 aromatic carbocycles. The highest BCUT2D eigenvalue weighted by molar-refractivity contribution is 6.09. The van der Waals surface area contributed by atoms with E-state index in [4.69, 9.17) is 4.42 Å². The molecule has 0 aliphatic rings. The van der Waals surface area contributed by atoms with E-state index >= 15 is 0 Å². The van der Waals surface area contributed by atoms with Crippen LogP contribution in [0.1, 0.15) is 43.8 Å². The summed E-state index contributed by atoms with van der Waals surface area (Å²) in [5, 5.41) is 14.0. The van der Waals surface area contributed by atoms with E-state index in [2.05, 4.69) is 15.3 Å². The lowest BCUT2D eigenvalue weighted by atomic mass is 9.92. The van der Waals surface area contributed by atoms with Gasteiger partial charge in [-0.15, -0.1) is 0 Å². The first kappa shape index (κ1) is 15.4. The zero-order valence-electron chi connectivity index (χ0n) is 13.0. The van der Waals surface area contributed by atoms with Crippen LogP contribution in [-0.2, 0) is 0 Å². The number of nitrogens with one attached hydrogen (secondary N) is 1. The Labute approximate surface area is 123 Å². The average molecular weight is 291 g/mol. The van der Waals surface area contributed by atoms with E-state index in [0.717, 1.165) is 0 Å². The van der Waals surface area contributed by atoms with Crippen molar-refractivity contribution in [3.63, 3.8) is 0 Å².